The number of aliphatic carboxylic acids is 1. The predicted molar refractivity (Wildman–Crippen MR) is 111 cm³/mol. The summed E-state index contributed by atoms with van der Waals surface area (Å²) in [5.41, 5.74) is 5.06. The normalized spacial score (nSPS) is 12.7. The molecule has 0 radical (unpaired) electrons. The second-order valence-corrected chi connectivity index (χ2v) is 7.58. The highest BCUT2D eigenvalue weighted by Gasteiger charge is 2.33. The van der Waals surface area contributed by atoms with Gasteiger partial charge in [0.05, 0.1) is 18.1 Å². The summed E-state index contributed by atoms with van der Waals surface area (Å²) in [6.07, 6.45) is 3.80. The maximum Gasteiger partial charge on any atom is 0.345 e. The molecule has 1 unspecified atom stereocenters. The number of carboxylic acid groups (broad SMARTS) is 1. The summed E-state index contributed by atoms with van der Waals surface area (Å²) in [6, 6.07) is 14.7. The number of carbonyl (C=O) groups is 1. The third-order valence-electron chi connectivity index (χ3n) is 4.15. The van der Waals surface area contributed by atoms with Crippen LogP contribution in [-0.2, 0) is 4.79 Å². The molecular formula is C22H23N3O4. The smallest absolute Gasteiger partial charge is 0.345 e. The number of nitrogens with zero attached hydrogens (tertiary/aromatic N) is 2. The van der Waals surface area contributed by atoms with Gasteiger partial charge in [-0.25, -0.2) is 9.78 Å². The van der Waals surface area contributed by atoms with Crippen molar-refractivity contribution < 1.29 is 19.1 Å². The molecule has 1 aromatic heterocycles. The zero-order valence-corrected chi connectivity index (χ0v) is 16.5. The SMILES string of the molecule is CC(C)(C)C(Oc1ccc(/C=N/Nc2ccc(-c3cnco3)cc2)cc1)C(=O)O. The van der Waals surface area contributed by atoms with Crippen molar-refractivity contribution in [2.45, 2.75) is 26.9 Å². The highest BCUT2D eigenvalue weighted by molar-refractivity contribution is 5.80. The van der Waals surface area contributed by atoms with Crippen molar-refractivity contribution in [2.75, 3.05) is 5.43 Å². The Hall–Kier alpha value is -3.61. The number of ether oxygens (including phenoxy) is 1. The molecule has 2 N–H and O–H groups in total. The third-order valence-corrected chi connectivity index (χ3v) is 4.15. The molecule has 0 aliphatic rings. The van der Waals surface area contributed by atoms with Gasteiger partial charge in [0.1, 0.15) is 5.75 Å². The molecule has 0 saturated heterocycles. The minimum absolute atomic E-state index is 0.500. The summed E-state index contributed by atoms with van der Waals surface area (Å²) in [7, 11) is 0. The van der Waals surface area contributed by atoms with Gasteiger partial charge in [-0.15, -0.1) is 0 Å². The maximum absolute atomic E-state index is 11.4. The summed E-state index contributed by atoms with van der Waals surface area (Å²) in [5.74, 6) is 0.223. The van der Waals surface area contributed by atoms with E-state index in [1.807, 2.05) is 57.2 Å². The second kappa shape index (κ2) is 8.60. The molecule has 3 rings (SSSR count). The molecule has 0 amide bonds. The molecule has 7 nitrogen and oxygen atoms in total. The van der Waals surface area contributed by atoms with Gasteiger partial charge in [0.2, 0.25) is 0 Å². The Balaban J connectivity index is 1.58. The van der Waals surface area contributed by atoms with E-state index in [0.29, 0.717) is 11.5 Å². The summed E-state index contributed by atoms with van der Waals surface area (Å²) in [5, 5.41) is 13.6. The molecule has 1 atom stereocenters. The molecule has 0 aliphatic heterocycles. The second-order valence-electron chi connectivity index (χ2n) is 7.58. The zero-order valence-electron chi connectivity index (χ0n) is 16.5. The molecule has 29 heavy (non-hydrogen) atoms. The zero-order chi connectivity index (χ0) is 20.9. The number of nitrogens with one attached hydrogen (secondary N) is 1. The minimum Gasteiger partial charge on any atom is -0.478 e. The summed E-state index contributed by atoms with van der Waals surface area (Å²) in [4.78, 5) is 15.3. The van der Waals surface area contributed by atoms with Crippen LogP contribution in [-0.4, -0.2) is 28.4 Å². The number of rotatable bonds is 7. The summed E-state index contributed by atoms with van der Waals surface area (Å²) >= 11 is 0. The van der Waals surface area contributed by atoms with Crippen LogP contribution in [0.15, 0.2) is 70.6 Å². The standard InChI is InChI=1S/C22H23N3O4/c1-22(2,3)20(21(26)27)29-18-10-4-15(5-11-18)12-24-25-17-8-6-16(7-9-17)19-13-23-14-28-19/h4-14,20,25H,1-3H3,(H,26,27)/b24-12+. The fourth-order valence-corrected chi connectivity index (χ4v) is 2.61. The molecule has 0 bridgehead atoms. The van der Waals surface area contributed by atoms with E-state index in [4.69, 9.17) is 9.15 Å². The third kappa shape index (κ3) is 5.44. The molecule has 0 aliphatic carbocycles. The molecule has 3 aromatic rings. The fourth-order valence-electron chi connectivity index (χ4n) is 2.61. The highest BCUT2D eigenvalue weighted by Crippen LogP contribution is 2.25. The molecule has 0 saturated carbocycles. The number of hydrazone groups is 1. The Bertz CT molecular complexity index is 957. The number of oxazole rings is 1. The van der Waals surface area contributed by atoms with Crippen molar-refractivity contribution in [3.8, 4) is 17.1 Å². The van der Waals surface area contributed by atoms with Gasteiger partial charge >= 0.3 is 5.97 Å². The lowest BCUT2D eigenvalue weighted by molar-refractivity contribution is -0.150. The number of hydrogen-bond acceptors (Lipinski definition) is 6. The van der Waals surface area contributed by atoms with Gasteiger partial charge in [-0.3, -0.25) is 5.43 Å². The molecule has 0 fully saturated rings. The number of carboxylic acids is 1. The van der Waals surface area contributed by atoms with Gasteiger partial charge in [-0.05, 0) is 54.1 Å². The van der Waals surface area contributed by atoms with E-state index in [2.05, 4.69) is 15.5 Å². The van der Waals surface area contributed by atoms with Crippen molar-refractivity contribution in [3.63, 3.8) is 0 Å². The van der Waals surface area contributed by atoms with Gasteiger partial charge in [-0.2, -0.15) is 5.10 Å². The first-order chi connectivity index (χ1) is 13.8. The maximum atomic E-state index is 11.4. The minimum atomic E-state index is -0.985. The van der Waals surface area contributed by atoms with Crippen LogP contribution in [0.1, 0.15) is 26.3 Å². The van der Waals surface area contributed by atoms with E-state index in [1.165, 1.54) is 6.39 Å². The van der Waals surface area contributed by atoms with Gasteiger partial charge in [0.25, 0.3) is 0 Å². The Morgan fingerprint density at radius 2 is 1.86 bits per heavy atom. The van der Waals surface area contributed by atoms with Crippen LogP contribution in [0, 0.1) is 5.41 Å². The summed E-state index contributed by atoms with van der Waals surface area (Å²) < 4.78 is 10.9. The van der Waals surface area contributed by atoms with E-state index < -0.39 is 17.5 Å². The first-order valence-corrected chi connectivity index (χ1v) is 9.10. The van der Waals surface area contributed by atoms with E-state index >= 15 is 0 Å². The molecule has 150 valence electrons. The first-order valence-electron chi connectivity index (χ1n) is 9.10. The Morgan fingerprint density at radius 3 is 2.41 bits per heavy atom. The van der Waals surface area contributed by atoms with Gasteiger partial charge in [0.15, 0.2) is 18.3 Å². The average Bonchev–Trinajstić information content (AvgIpc) is 3.21. The molecule has 1 heterocycles. The van der Waals surface area contributed by atoms with Crippen molar-refractivity contribution in [1.29, 1.82) is 0 Å². The van der Waals surface area contributed by atoms with Crippen LogP contribution in [0.4, 0.5) is 5.69 Å². The Kier molecular flexibility index (Phi) is 5.97. The molecular weight excluding hydrogens is 370 g/mol. The van der Waals surface area contributed by atoms with E-state index in [-0.39, 0.29) is 0 Å². The van der Waals surface area contributed by atoms with Gasteiger partial charge in [0, 0.05) is 11.0 Å². The van der Waals surface area contributed by atoms with Crippen LogP contribution >= 0.6 is 0 Å². The number of anilines is 1. The average molecular weight is 393 g/mol. The van der Waals surface area contributed by atoms with Crippen LogP contribution in [0.25, 0.3) is 11.3 Å². The predicted octanol–water partition coefficient (Wildman–Crippen LogP) is 4.67. The summed E-state index contributed by atoms with van der Waals surface area (Å²) in [6.45, 7) is 5.49. The van der Waals surface area contributed by atoms with Crippen molar-refractivity contribution in [3.05, 3.63) is 66.7 Å². The molecule has 2 aromatic carbocycles. The van der Waals surface area contributed by atoms with Crippen LogP contribution in [0.5, 0.6) is 5.75 Å². The molecule has 0 spiro atoms. The lowest BCUT2D eigenvalue weighted by atomic mass is 9.89. The van der Waals surface area contributed by atoms with Crippen molar-refractivity contribution >= 4 is 17.9 Å². The molecule has 7 heteroatoms. The monoisotopic (exact) mass is 393 g/mol. The van der Waals surface area contributed by atoms with Gasteiger partial charge < -0.3 is 14.3 Å². The van der Waals surface area contributed by atoms with Crippen molar-refractivity contribution in [1.82, 2.24) is 4.98 Å². The lowest BCUT2D eigenvalue weighted by Gasteiger charge is -2.27. The van der Waals surface area contributed by atoms with E-state index in [1.54, 1.807) is 24.5 Å². The van der Waals surface area contributed by atoms with Crippen LogP contribution < -0.4 is 10.2 Å². The number of aromatic nitrogens is 1. The van der Waals surface area contributed by atoms with Crippen LogP contribution in [0.3, 0.4) is 0 Å². The van der Waals surface area contributed by atoms with Gasteiger partial charge in [-0.1, -0.05) is 20.8 Å². The number of hydrogen-bond donors (Lipinski definition) is 2. The first kappa shape index (κ1) is 20.1. The fraction of sp³-hybridized carbons (Fsp3) is 0.227. The topological polar surface area (TPSA) is 97.0 Å². The highest BCUT2D eigenvalue weighted by atomic mass is 16.5. The Morgan fingerprint density at radius 1 is 1.17 bits per heavy atom. The van der Waals surface area contributed by atoms with E-state index in [0.717, 1.165) is 16.8 Å². The quantitative estimate of drug-likeness (QED) is 0.447. The largest absolute Gasteiger partial charge is 0.478 e. The lowest BCUT2D eigenvalue weighted by Crippen LogP contribution is -2.39. The van der Waals surface area contributed by atoms with Crippen LogP contribution in [0.2, 0.25) is 0 Å². The Labute approximate surface area is 169 Å². The number of benzene rings is 2. The van der Waals surface area contributed by atoms with Crippen molar-refractivity contribution in [2.24, 2.45) is 10.5 Å². The van der Waals surface area contributed by atoms with E-state index in [9.17, 15) is 9.90 Å².